The summed E-state index contributed by atoms with van der Waals surface area (Å²) in [5.41, 5.74) is 2.78. The van der Waals surface area contributed by atoms with Gasteiger partial charge in [-0.1, -0.05) is 41.9 Å². The molecule has 0 radical (unpaired) electrons. The van der Waals surface area contributed by atoms with Gasteiger partial charge in [0.15, 0.2) is 0 Å². The Hall–Kier alpha value is -1.80. The summed E-state index contributed by atoms with van der Waals surface area (Å²) in [4.78, 5) is 11.4. The highest BCUT2D eigenvalue weighted by molar-refractivity contribution is 6.30. The number of halogens is 1. The predicted octanol–water partition coefficient (Wildman–Crippen LogP) is 3.71. The smallest absolute Gasteiger partial charge is 0.131 e. The van der Waals surface area contributed by atoms with Gasteiger partial charge in [0.2, 0.25) is 0 Å². The summed E-state index contributed by atoms with van der Waals surface area (Å²) < 4.78 is 0. The van der Waals surface area contributed by atoms with E-state index in [1.54, 1.807) is 0 Å². The van der Waals surface area contributed by atoms with E-state index in [-0.39, 0.29) is 5.92 Å². The van der Waals surface area contributed by atoms with Crippen molar-refractivity contribution in [3.8, 4) is 0 Å². The summed E-state index contributed by atoms with van der Waals surface area (Å²) in [5, 5.41) is 3.72. The Kier molecular flexibility index (Phi) is 4.00. The zero-order valence-electron chi connectivity index (χ0n) is 10.1. The summed E-state index contributed by atoms with van der Waals surface area (Å²) in [6.45, 7) is 0. The van der Waals surface area contributed by atoms with E-state index in [0.717, 1.165) is 23.1 Å². The molecular weight excluding hydrogens is 246 g/mol. The first kappa shape index (κ1) is 12.7. The zero-order valence-corrected chi connectivity index (χ0v) is 10.8. The maximum Gasteiger partial charge on any atom is 0.131 e. The molecule has 0 heterocycles. The third-order valence-electron chi connectivity index (χ3n) is 2.91. The minimum atomic E-state index is -0.299. The molecule has 1 unspecified atom stereocenters. The van der Waals surface area contributed by atoms with Gasteiger partial charge in [-0.2, -0.15) is 0 Å². The van der Waals surface area contributed by atoms with E-state index in [4.69, 9.17) is 11.6 Å². The molecule has 1 atom stereocenters. The van der Waals surface area contributed by atoms with Gasteiger partial charge in [0.1, 0.15) is 6.29 Å². The lowest BCUT2D eigenvalue weighted by Crippen LogP contribution is -2.06. The molecule has 2 aromatic carbocycles. The highest BCUT2D eigenvalue weighted by Gasteiger charge is 2.16. The topological polar surface area (TPSA) is 29.1 Å². The van der Waals surface area contributed by atoms with Gasteiger partial charge in [-0.3, -0.25) is 0 Å². The lowest BCUT2D eigenvalue weighted by atomic mass is 9.91. The third kappa shape index (κ3) is 2.54. The molecule has 0 amide bonds. The van der Waals surface area contributed by atoms with Gasteiger partial charge in [-0.15, -0.1) is 0 Å². The van der Waals surface area contributed by atoms with E-state index < -0.39 is 0 Å². The summed E-state index contributed by atoms with van der Waals surface area (Å²) in [7, 11) is 1.83. The highest BCUT2D eigenvalue weighted by Crippen LogP contribution is 2.31. The SMILES string of the molecule is CNc1ccc(Cl)cc1C(C=O)c1ccccc1. The molecule has 3 heteroatoms. The quantitative estimate of drug-likeness (QED) is 0.848. The third-order valence-corrected chi connectivity index (χ3v) is 3.15. The van der Waals surface area contributed by atoms with Gasteiger partial charge in [-0.25, -0.2) is 0 Å². The molecule has 0 aliphatic carbocycles. The Labute approximate surface area is 112 Å². The van der Waals surface area contributed by atoms with Crippen molar-refractivity contribution in [1.29, 1.82) is 0 Å². The van der Waals surface area contributed by atoms with Crippen LogP contribution < -0.4 is 5.32 Å². The van der Waals surface area contributed by atoms with Crippen molar-refractivity contribution < 1.29 is 4.79 Å². The molecule has 0 aliphatic rings. The van der Waals surface area contributed by atoms with Crippen molar-refractivity contribution in [3.05, 3.63) is 64.7 Å². The van der Waals surface area contributed by atoms with Crippen LogP contribution in [-0.4, -0.2) is 13.3 Å². The Bertz CT molecular complexity index is 539. The second-order valence-electron chi connectivity index (χ2n) is 4.01. The number of anilines is 1. The molecule has 0 aliphatic heterocycles. The molecular formula is C15H14ClNO. The Balaban J connectivity index is 2.51. The average Bonchev–Trinajstić information content (AvgIpc) is 2.41. The number of rotatable bonds is 4. The lowest BCUT2D eigenvalue weighted by molar-refractivity contribution is -0.108. The monoisotopic (exact) mass is 259 g/mol. The van der Waals surface area contributed by atoms with E-state index in [9.17, 15) is 4.79 Å². The molecule has 0 spiro atoms. The molecule has 18 heavy (non-hydrogen) atoms. The van der Waals surface area contributed by atoms with Gasteiger partial charge in [0.05, 0.1) is 5.92 Å². The van der Waals surface area contributed by atoms with Crippen LogP contribution in [-0.2, 0) is 4.79 Å². The van der Waals surface area contributed by atoms with Gasteiger partial charge in [-0.05, 0) is 29.3 Å². The molecule has 2 rings (SSSR count). The first-order valence-electron chi connectivity index (χ1n) is 5.73. The van der Waals surface area contributed by atoms with Crippen molar-refractivity contribution >= 4 is 23.6 Å². The summed E-state index contributed by atoms with van der Waals surface area (Å²) in [6, 6.07) is 15.2. The van der Waals surface area contributed by atoms with Crippen LogP contribution in [0.4, 0.5) is 5.69 Å². The highest BCUT2D eigenvalue weighted by atomic mass is 35.5. The van der Waals surface area contributed by atoms with Gasteiger partial charge in [0, 0.05) is 17.8 Å². The molecule has 0 saturated heterocycles. The Morgan fingerprint density at radius 3 is 2.50 bits per heavy atom. The average molecular weight is 260 g/mol. The molecule has 2 aromatic rings. The minimum absolute atomic E-state index is 0.299. The first-order valence-corrected chi connectivity index (χ1v) is 6.11. The van der Waals surface area contributed by atoms with E-state index in [2.05, 4.69) is 5.32 Å². The van der Waals surface area contributed by atoms with Crippen LogP contribution in [0.1, 0.15) is 17.0 Å². The van der Waals surface area contributed by atoms with Crippen LogP contribution in [0.2, 0.25) is 5.02 Å². The fourth-order valence-electron chi connectivity index (χ4n) is 2.01. The van der Waals surface area contributed by atoms with Crippen LogP contribution in [0.15, 0.2) is 48.5 Å². The summed E-state index contributed by atoms with van der Waals surface area (Å²) in [6.07, 6.45) is 0.946. The molecule has 1 N–H and O–H groups in total. The van der Waals surface area contributed by atoms with E-state index in [0.29, 0.717) is 5.02 Å². The number of nitrogens with one attached hydrogen (secondary N) is 1. The van der Waals surface area contributed by atoms with Crippen molar-refractivity contribution in [3.63, 3.8) is 0 Å². The standard InChI is InChI=1S/C15H14ClNO/c1-17-15-8-7-12(16)9-13(15)14(10-18)11-5-3-2-4-6-11/h2-10,14,17H,1H3. The van der Waals surface area contributed by atoms with Crippen LogP contribution in [0.5, 0.6) is 0 Å². The molecule has 0 fully saturated rings. The number of benzene rings is 2. The second-order valence-corrected chi connectivity index (χ2v) is 4.44. The Morgan fingerprint density at radius 2 is 1.89 bits per heavy atom. The fraction of sp³-hybridized carbons (Fsp3) is 0.133. The molecule has 92 valence electrons. The van der Waals surface area contributed by atoms with Crippen molar-refractivity contribution in [2.75, 3.05) is 12.4 Å². The van der Waals surface area contributed by atoms with Gasteiger partial charge in [0.25, 0.3) is 0 Å². The van der Waals surface area contributed by atoms with Crippen LogP contribution in [0.25, 0.3) is 0 Å². The maximum atomic E-state index is 11.4. The second kappa shape index (κ2) is 5.69. The van der Waals surface area contributed by atoms with Crippen LogP contribution in [0, 0.1) is 0 Å². The number of aldehydes is 1. The molecule has 2 nitrogen and oxygen atoms in total. The lowest BCUT2D eigenvalue weighted by Gasteiger charge is -2.16. The van der Waals surface area contributed by atoms with Crippen LogP contribution >= 0.6 is 11.6 Å². The summed E-state index contributed by atoms with van der Waals surface area (Å²) >= 11 is 6.02. The molecule has 0 aromatic heterocycles. The number of hydrogen-bond acceptors (Lipinski definition) is 2. The van der Waals surface area contributed by atoms with E-state index >= 15 is 0 Å². The van der Waals surface area contributed by atoms with Gasteiger partial charge >= 0.3 is 0 Å². The van der Waals surface area contributed by atoms with Gasteiger partial charge < -0.3 is 10.1 Å². The number of carbonyl (C=O) groups excluding carboxylic acids is 1. The number of hydrogen-bond donors (Lipinski definition) is 1. The van der Waals surface area contributed by atoms with E-state index in [1.165, 1.54) is 0 Å². The van der Waals surface area contributed by atoms with E-state index in [1.807, 2.05) is 55.6 Å². The molecule has 0 saturated carbocycles. The number of carbonyl (C=O) groups is 1. The minimum Gasteiger partial charge on any atom is -0.388 e. The Morgan fingerprint density at radius 1 is 1.17 bits per heavy atom. The molecule has 0 bridgehead atoms. The van der Waals surface area contributed by atoms with Crippen molar-refractivity contribution in [2.24, 2.45) is 0 Å². The normalized spacial score (nSPS) is 11.9. The zero-order chi connectivity index (χ0) is 13.0. The maximum absolute atomic E-state index is 11.4. The fourth-order valence-corrected chi connectivity index (χ4v) is 2.19. The largest absolute Gasteiger partial charge is 0.388 e. The van der Waals surface area contributed by atoms with Crippen LogP contribution in [0.3, 0.4) is 0 Å². The van der Waals surface area contributed by atoms with Crippen molar-refractivity contribution in [1.82, 2.24) is 0 Å². The summed E-state index contributed by atoms with van der Waals surface area (Å²) in [5.74, 6) is -0.299. The van der Waals surface area contributed by atoms with Crippen molar-refractivity contribution in [2.45, 2.75) is 5.92 Å². The predicted molar refractivity (Wildman–Crippen MR) is 75.3 cm³/mol. The first-order chi connectivity index (χ1) is 8.76.